The highest BCUT2D eigenvalue weighted by Gasteiger charge is 2.29. The molecule has 0 aromatic heterocycles. The topological polar surface area (TPSA) is 132 Å². The first-order chi connectivity index (χ1) is 16.7. The predicted octanol–water partition coefficient (Wildman–Crippen LogP) is 3.58. The second kappa shape index (κ2) is 11.7. The average molecular weight is 483 g/mol. The molecule has 2 aromatic rings. The van der Waals surface area contributed by atoms with Crippen molar-refractivity contribution in [2.24, 2.45) is 5.84 Å². The van der Waals surface area contributed by atoms with Crippen molar-refractivity contribution in [3.63, 3.8) is 0 Å². The molecule has 1 aliphatic rings. The Kier molecular flexibility index (Phi) is 8.70. The van der Waals surface area contributed by atoms with Crippen LogP contribution in [0.5, 0.6) is 0 Å². The van der Waals surface area contributed by atoms with Crippen LogP contribution in [0.1, 0.15) is 57.1 Å². The number of unbranched alkanes of at least 4 members (excludes halogenated alkanes) is 1. The number of hydrazine groups is 1. The van der Waals surface area contributed by atoms with E-state index in [1.165, 1.54) is 0 Å². The molecule has 0 radical (unpaired) electrons. The Hall–Kier alpha value is -3.59. The lowest BCUT2D eigenvalue weighted by Crippen LogP contribution is -2.49. The highest BCUT2D eigenvalue weighted by atomic mass is 16.6. The Morgan fingerprint density at radius 2 is 1.54 bits per heavy atom. The van der Waals surface area contributed by atoms with Crippen molar-refractivity contribution in [2.45, 2.75) is 57.6 Å². The number of alkyl carbamates (subject to hydrolysis) is 2. The summed E-state index contributed by atoms with van der Waals surface area (Å²) in [6.45, 7) is 5.90. The van der Waals surface area contributed by atoms with Crippen molar-refractivity contribution >= 4 is 18.1 Å². The molecule has 3 rings (SSSR count). The van der Waals surface area contributed by atoms with Gasteiger partial charge in [0.2, 0.25) is 0 Å². The maximum atomic E-state index is 12.5. The SMILES string of the molecule is CC(C)(C)OC(=O)NCCCC[C@H](NC(=O)OCC1c2ccccc2-c2ccccc21)C(=O)NN. The molecule has 2 aromatic carbocycles. The number of amides is 3. The monoisotopic (exact) mass is 482 g/mol. The summed E-state index contributed by atoms with van der Waals surface area (Å²) in [4.78, 5) is 36.4. The van der Waals surface area contributed by atoms with Crippen molar-refractivity contribution < 1.29 is 23.9 Å². The number of ether oxygens (including phenoxy) is 2. The van der Waals surface area contributed by atoms with Crippen molar-refractivity contribution in [3.05, 3.63) is 59.7 Å². The van der Waals surface area contributed by atoms with Crippen molar-refractivity contribution in [3.8, 4) is 11.1 Å². The highest BCUT2D eigenvalue weighted by Crippen LogP contribution is 2.44. The van der Waals surface area contributed by atoms with Gasteiger partial charge >= 0.3 is 12.2 Å². The molecule has 0 aliphatic heterocycles. The maximum Gasteiger partial charge on any atom is 0.407 e. The Bertz CT molecular complexity index is 1000. The Labute approximate surface area is 205 Å². The fourth-order valence-electron chi connectivity index (χ4n) is 4.13. The van der Waals surface area contributed by atoms with E-state index in [0.717, 1.165) is 22.3 Å². The molecule has 0 saturated carbocycles. The minimum atomic E-state index is -0.850. The molecular formula is C26H34N4O5. The van der Waals surface area contributed by atoms with Crippen LogP contribution >= 0.6 is 0 Å². The number of fused-ring (bicyclic) bond motifs is 3. The Morgan fingerprint density at radius 1 is 0.943 bits per heavy atom. The molecule has 9 heteroatoms. The third-order valence-corrected chi connectivity index (χ3v) is 5.68. The number of hydrogen-bond acceptors (Lipinski definition) is 6. The fourth-order valence-corrected chi connectivity index (χ4v) is 4.13. The second-order valence-electron chi connectivity index (χ2n) is 9.46. The first-order valence-corrected chi connectivity index (χ1v) is 11.8. The molecule has 0 fully saturated rings. The summed E-state index contributed by atoms with van der Waals surface area (Å²) >= 11 is 0. The normalized spacial score (nSPS) is 13.3. The fraction of sp³-hybridized carbons (Fsp3) is 0.423. The van der Waals surface area contributed by atoms with Crippen molar-refractivity contribution in [2.75, 3.05) is 13.2 Å². The van der Waals surface area contributed by atoms with Gasteiger partial charge in [0.15, 0.2) is 0 Å². The lowest BCUT2D eigenvalue weighted by Gasteiger charge is -2.20. The van der Waals surface area contributed by atoms with E-state index >= 15 is 0 Å². The van der Waals surface area contributed by atoms with Gasteiger partial charge in [-0.3, -0.25) is 10.2 Å². The van der Waals surface area contributed by atoms with E-state index in [4.69, 9.17) is 15.3 Å². The minimum Gasteiger partial charge on any atom is -0.449 e. The summed E-state index contributed by atoms with van der Waals surface area (Å²) in [6.07, 6.45) is 0.318. The van der Waals surface area contributed by atoms with Crippen LogP contribution in [0.2, 0.25) is 0 Å². The number of carbonyl (C=O) groups excluding carboxylic acids is 3. The third kappa shape index (κ3) is 7.19. The van der Waals surface area contributed by atoms with Crippen LogP contribution in [0, 0.1) is 0 Å². The van der Waals surface area contributed by atoms with Crippen LogP contribution in [0.15, 0.2) is 48.5 Å². The molecule has 0 heterocycles. The lowest BCUT2D eigenvalue weighted by atomic mass is 9.98. The summed E-state index contributed by atoms with van der Waals surface area (Å²) in [6, 6.07) is 15.3. The first-order valence-electron chi connectivity index (χ1n) is 11.8. The molecule has 1 atom stereocenters. The van der Waals surface area contributed by atoms with E-state index in [0.29, 0.717) is 25.8 Å². The smallest absolute Gasteiger partial charge is 0.407 e. The zero-order valence-electron chi connectivity index (χ0n) is 20.4. The standard InChI is InChI=1S/C26H34N4O5/c1-26(2,3)35-24(32)28-15-9-8-14-22(23(31)30-27)29-25(33)34-16-21-19-12-6-4-10-17(19)18-11-5-7-13-20(18)21/h4-7,10-13,21-22H,8-9,14-16,27H2,1-3H3,(H,28,32)(H,29,33)(H,30,31)/t22-/m0/s1. The molecule has 188 valence electrons. The van der Waals surface area contributed by atoms with Crippen LogP contribution in [0.25, 0.3) is 11.1 Å². The van der Waals surface area contributed by atoms with E-state index in [-0.39, 0.29) is 12.5 Å². The number of nitrogens with one attached hydrogen (secondary N) is 3. The van der Waals surface area contributed by atoms with Gasteiger partial charge in [-0.1, -0.05) is 48.5 Å². The molecule has 3 amide bonds. The second-order valence-corrected chi connectivity index (χ2v) is 9.46. The summed E-state index contributed by atoms with van der Waals surface area (Å²) in [5.74, 6) is 4.70. The Morgan fingerprint density at radius 3 is 2.11 bits per heavy atom. The average Bonchev–Trinajstić information content (AvgIpc) is 3.14. The van der Waals surface area contributed by atoms with Gasteiger partial charge in [-0.2, -0.15) is 0 Å². The van der Waals surface area contributed by atoms with Gasteiger partial charge in [-0.25, -0.2) is 15.4 Å². The largest absolute Gasteiger partial charge is 0.449 e. The van der Waals surface area contributed by atoms with Gasteiger partial charge < -0.3 is 20.1 Å². The van der Waals surface area contributed by atoms with Crippen molar-refractivity contribution in [1.82, 2.24) is 16.1 Å². The van der Waals surface area contributed by atoms with E-state index < -0.39 is 29.7 Å². The molecule has 35 heavy (non-hydrogen) atoms. The van der Waals surface area contributed by atoms with Crippen LogP contribution in [0.4, 0.5) is 9.59 Å². The predicted molar refractivity (Wildman–Crippen MR) is 132 cm³/mol. The highest BCUT2D eigenvalue weighted by molar-refractivity contribution is 5.85. The Balaban J connectivity index is 1.49. The van der Waals surface area contributed by atoms with E-state index in [2.05, 4.69) is 28.2 Å². The number of benzene rings is 2. The molecule has 0 bridgehead atoms. The van der Waals surface area contributed by atoms with Crippen molar-refractivity contribution in [1.29, 1.82) is 0 Å². The van der Waals surface area contributed by atoms with Gasteiger partial charge in [-0.05, 0) is 62.3 Å². The molecule has 5 N–H and O–H groups in total. The van der Waals surface area contributed by atoms with Crippen LogP contribution in [0.3, 0.4) is 0 Å². The van der Waals surface area contributed by atoms with E-state index in [9.17, 15) is 14.4 Å². The molecular weight excluding hydrogens is 448 g/mol. The molecule has 9 nitrogen and oxygen atoms in total. The maximum absolute atomic E-state index is 12.5. The minimum absolute atomic E-state index is 0.0751. The summed E-state index contributed by atoms with van der Waals surface area (Å²) in [5, 5.41) is 5.27. The molecule has 0 spiro atoms. The number of carbonyl (C=O) groups is 3. The summed E-state index contributed by atoms with van der Waals surface area (Å²) in [7, 11) is 0. The number of nitrogens with two attached hydrogens (primary N) is 1. The third-order valence-electron chi connectivity index (χ3n) is 5.68. The quantitative estimate of drug-likeness (QED) is 0.187. The summed E-state index contributed by atoms with van der Waals surface area (Å²) < 4.78 is 10.7. The van der Waals surface area contributed by atoms with Crippen LogP contribution in [-0.2, 0) is 14.3 Å². The zero-order chi connectivity index (χ0) is 25.4. The lowest BCUT2D eigenvalue weighted by molar-refractivity contribution is -0.123. The summed E-state index contributed by atoms with van der Waals surface area (Å²) in [5.41, 5.74) is 6.00. The molecule has 1 aliphatic carbocycles. The first kappa shape index (κ1) is 26.0. The molecule has 0 saturated heterocycles. The van der Waals surface area contributed by atoms with Gasteiger partial charge in [0.05, 0.1) is 0 Å². The van der Waals surface area contributed by atoms with Gasteiger partial charge in [-0.15, -0.1) is 0 Å². The van der Waals surface area contributed by atoms with Gasteiger partial charge in [0.25, 0.3) is 5.91 Å². The van der Waals surface area contributed by atoms with Crippen LogP contribution in [-0.4, -0.2) is 42.9 Å². The van der Waals surface area contributed by atoms with Gasteiger partial charge in [0.1, 0.15) is 18.2 Å². The van der Waals surface area contributed by atoms with E-state index in [1.807, 2.05) is 36.4 Å². The van der Waals surface area contributed by atoms with E-state index in [1.54, 1.807) is 20.8 Å². The number of hydrogen-bond donors (Lipinski definition) is 4. The van der Waals surface area contributed by atoms with Gasteiger partial charge in [0, 0.05) is 12.5 Å². The zero-order valence-corrected chi connectivity index (χ0v) is 20.4. The molecule has 0 unspecified atom stereocenters. The number of rotatable bonds is 9. The van der Waals surface area contributed by atoms with Crippen LogP contribution < -0.4 is 21.9 Å².